The van der Waals surface area contributed by atoms with Gasteiger partial charge in [-0.3, -0.25) is 9.69 Å². The van der Waals surface area contributed by atoms with E-state index in [-0.39, 0.29) is 11.9 Å². The maximum absolute atomic E-state index is 13.9. The number of carbonyl (C=O) groups excluding carboxylic acids is 1. The molecule has 1 unspecified atom stereocenters. The number of aromatic nitrogens is 1. The van der Waals surface area contributed by atoms with Crippen LogP contribution in [0.5, 0.6) is 17.2 Å². The number of amides is 1. The molecule has 3 aromatic carbocycles. The number of benzene rings is 3. The van der Waals surface area contributed by atoms with Gasteiger partial charge in [-0.15, -0.1) is 0 Å². The molecule has 0 saturated heterocycles. The molecule has 1 amide bonds. The fraction of sp³-hybridized carbons (Fsp3) is 0.192. The molecule has 0 spiro atoms. The molecule has 1 aromatic heterocycles. The molecule has 1 atom stereocenters. The van der Waals surface area contributed by atoms with Crippen LogP contribution in [0.2, 0.25) is 0 Å². The lowest BCUT2D eigenvalue weighted by molar-refractivity contribution is 0.0986. The second-order valence-electron chi connectivity index (χ2n) is 7.70. The minimum absolute atomic E-state index is 0.0567. The minimum atomic E-state index is -0.373. The molecular weight excluding hydrogens is 404 g/mol. The lowest BCUT2D eigenvalue weighted by Gasteiger charge is -2.28. The van der Waals surface area contributed by atoms with Crippen molar-refractivity contribution in [2.75, 3.05) is 26.2 Å². The highest BCUT2D eigenvalue weighted by Gasteiger charge is 2.44. The van der Waals surface area contributed by atoms with Crippen LogP contribution in [-0.2, 0) is 7.05 Å². The van der Waals surface area contributed by atoms with E-state index in [2.05, 4.69) is 6.07 Å². The van der Waals surface area contributed by atoms with E-state index in [9.17, 15) is 4.79 Å². The van der Waals surface area contributed by atoms with Crippen molar-refractivity contribution in [2.45, 2.75) is 6.04 Å². The molecule has 2 heterocycles. The predicted molar refractivity (Wildman–Crippen MR) is 124 cm³/mol. The number of anilines is 1. The van der Waals surface area contributed by atoms with Crippen LogP contribution in [0.3, 0.4) is 0 Å². The summed E-state index contributed by atoms with van der Waals surface area (Å²) in [6, 6.07) is 21.1. The van der Waals surface area contributed by atoms with Crippen molar-refractivity contribution in [1.29, 1.82) is 0 Å². The van der Waals surface area contributed by atoms with Crippen LogP contribution in [0.15, 0.2) is 66.7 Å². The van der Waals surface area contributed by atoms with Gasteiger partial charge in [0.15, 0.2) is 11.5 Å². The number of nitrogens with zero attached hydrogens (tertiary/aromatic N) is 2. The molecule has 0 fully saturated rings. The van der Waals surface area contributed by atoms with Gasteiger partial charge in [-0.25, -0.2) is 0 Å². The van der Waals surface area contributed by atoms with E-state index >= 15 is 0 Å². The monoisotopic (exact) mass is 428 g/mol. The van der Waals surface area contributed by atoms with Gasteiger partial charge in [-0.2, -0.15) is 0 Å². The van der Waals surface area contributed by atoms with Crippen molar-refractivity contribution < 1.29 is 19.0 Å². The quantitative estimate of drug-likeness (QED) is 0.451. The summed E-state index contributed by atoms with van der Waals surface area (Å²) in [4.78, 5) is 15.7. The van der Waals surface area contributed by atoms with Gasteiger partial charge in [-0.1, -0.05) is 30.3 Å². The Bertz CT molecular complexity index is 1320. The number of carbonyl (C=O) groups is 1. The molecule has 6 heteroatoms. The van der Waals surface area contributed by atoms with E-state index in [1.165, 1.54) is 0 Å². The second-order valence-corrected chi connectivity index (χ2v) is 7.70. The number of hydrogen-bond donors (Lipinski definition) is 0. The molecule has 0 saturated carbocycles. The number of para-hydroxylation sites is 2. The van der Waals surface area contributed by atoms with E-state index in [1.807, 2.05) is 77.2 Å². The number of aryl methyl sites for hydroxylation is 1. The summed E-state index contributed by atoms with van der Waals surface area (Å²) >= 11 is 0. The summed E-state index contributed by atoms with van der Waals surface area (Å²) < 4.78 is 18.6. The van der Waals surface area contributed by atoms with E-state index in [1.54, 1.807) is 21.3 Å². The van der Waals surface area contributed by atoms with E-state index in [4.69, 9.17) is 14.2 Å². The third kappa shape index (κ3) is 2.76. The summed E-state index contributed by atoms with van der Waals surface area (Å²) in [6.45, 7) is 0. The lowest BCUT2D eigenvalue weighted by Crippen LogP contribution is -2.30. The number of rotatable bonds is 5. The lowest BCUT2D eigenvalue weighted by atomic mass is 9.96. The van der Waals surface area contributed by atoms with Gasteiger partial charge in [0.05, 0.1) is 27.4 Å². The summed E-state index contributed by atoms with van der Waals surface area (Å²) in [5.41, 5.74) is 4.32. The van der Waals surface area contributed by atoms with Gasteiger partial charge in [0, 0.05) is 34.8 Å². The summed E-state index contributed by atoms with van der Waals surface area (Å²) in [7, 11) is 6.81. The van der Waals surface area contributed by atoms with Crippen LogP contribution in [0.25, 0.3) is 10.9 Å². The first-order valence-electron chi connectivity index (χ1n) is 10.4. The molecule has 4 aromatic rings. The molecule has 5 rings (SSSR count). The van der Waals surface area contributed by atoms with Crippen LogP contribution >= 0.6 is 0 Å². The Balaban J connectivity index is 1.81. The van der Waals surface area contributed by atoms with Crippen LogP contribution in [0.4, 0.5) is 5.69 Å². The molecule has 6 nitrogen and oxygen atoms in total. The smallest absolute Gasteiger partial charge is 0.276 e. The van der Waals surface area contributed by atoms with Crippen LogP contribution in [0.1, 0.15) is 27.7 Å². The van der Waals surface area contributed by atoms with Gasteiger partial charge < -0.3 is 18.8 Å². The molecular formula is C26H24N2O4. The Morgan fingerprint density at radius 2 is 1.56 bits per heavy atom. The Morgan fingerprint density at radius 3 is 2.25 bits per heavy atom. The van der Waals surface area contributed by atoms with Gasteiger partial charge in [0.2, 0.25) is 0 Å². The average molecular weight is 428 g/mol. The van der Waals surface area contributed by atoms with Gasteiger partial charge >= 0.3 is 0 Å². The Kier molecular flexibility index (Phi) is 4.78. The standard InChI is InChI=1S/C26H24N2O4/c1-27-20-10-6-5-8-18(20)22-23(19-9-7-11-21(31-3)25(19)32-4)28(26(29)24(22)27)16-12-14-17(30-2)15-13-16/h5-15,23H,1-4H3. The molecule has 162 valence electrons. The van der Waals surface area contributed by atoms with Crippen molar-refractivity contribution in [1.82, 2.24) is 4.57 Å². The normalized spacial score (nSPS) is 15.2. The number of ether oxygens (including phenoxy) is 3. The Morgan fingerprint density at radius 1 is 0.812 bits per heavy atom. The molecule has 0 bridgehead atoms. The maximum Gasteiger partial charge on any atom is 0.276 e. The van der Waals surface area contributed by atoms with Crippen LogP contribution in [-0.4, -0.2) is 31.8 Å². The highest BCUT2D eigenvalue weighted by atomic mass is 16.5. The van der Waals surface area contributed by atoms with Gasteiger partial charge in [0.25, 0.3) is 5.91 Å². The largest absolute Gasteiger partial charge is 0.497 e. The molecule has 1 aliphatic heterocycles. The zero-order valence-electron chi connectivity index (χ0n) is 18.5. The van der Waals surface area contributed by atoms with Gasteiger partial charge in [-0.05, 0) is 36.4 Å². The van der Waals surface area contributed by atoms with Crippen molar-refractivity contribution >= 4 is 22.5 Å². The van der Waals surface area contributed by atoms with Crippen LogP contribution < -0.4 is 19.1 Å². The summed E-state index contributed by atoms with van der Waals surface area (Å²) in [5, 5.41) is 1.05. The zero-order chi connectivity index (χ0) is 22.4. The van der Waals surface area contributed by atoms with Crippen molar-refractivity contribution in [3.8, 4) is 17.2 Å². The first kappa shape index (κ1) is 20.0. The van der Waals surface area contributed by atoms with Crippen molar-refractivity contribution in [2.24, 2.45) is 7.05 Å². The van der Waals surface area contributed by atoms with Gasteiger partial charge in [0.1, 0.15) is 11.4 Å². The molecule has 32 heavy (non-hydrogen) atoms. The SMILES string of the molecule is COc1ccc(N2C(=O)c3c(c4ccccc4n3C)C2c2cccc(OC)c2OC)cc1. The third-order valence-electron chi connectivity index (χ3n) is 6.18. The average Bonchev–Trinajstić information content (AvgIpc) is 3.31. The topological polar surface area (TPSA) is 52.9 Å². The van der Waals surface area contributed by atoms with E-state index < -0.39 is 0 Å². The van der Waals surface area contributed by atoms with E-state index in [0.717, 1.165) is 33.5 Å². The summed E-state index contributed by atoms with van der Waals surface area (Å²) in [6.07, 6.45) is 0. The summed E-state index contributed by atoms with van der Waals surface area (Å²) in [5.74, 6) is 1.92. The van der Waals surface area contributed by atoms with Crippen molar-refractivity contribution in [3.63, 3.8) is 0 Å². The number of hydrogen-bond acceptors (Lipinski definition) is 4. The molecule has 1 aliphatic rings. The molecule has 0 aliphatic carbocycles. The van der Waals surface area contributed by atoms with Crippen molar-refractivity contribution in [3.05, 3.63) is 83.6 Å². The first-order valence-corrected chi connectivity index (χ1v) is 10.4. The highest BCUT2D eigenvalue weighted by Crippen LogP contribution is 2.49. The Labute approximate surface area is 186 Å². The molecule has 0 N–H and O–H groups in total. The first-order chi connectivity index (χ1) is 15.6. The number of methoxy groups -OCH3 is 3. The second kappa shape index (κ2) is 7.64. The third-order valence-corrected chi connectivity index (χ3v) is 6.18. The van der Waals surface area contributed by atoms with Crippen LogP contribution in [0, 0.1) is 0 Å². The minimum Gasteiger partial charge on any atom is -0.497 e. The molecule has 0 radical (unpaired) electrons. The Hall–Kier alpha value is -3.93. The fourth-order valence-electron chi connectivity index (χ4n) is 4.75. The fourth-order valence-corrected chi connectivity index (χ4v) is 4.75. The highest BCUT2D eigenvalue weighted by molar-refractivity contribution is 6.15. The van der Waals surface area contributed by atoms with E-state index in [0.29, 0.717) is 17.2 Å². The number of fused-ring (bicyclic) bond motifs is 3. The predicted octanol–water partition coefficient (Wildman–Crippen LogP) is 4.95. The maximum atomic E-state index is 13.9. The zero-order valence-corrected chi connectivity index (χ0v) is 18.5.